The Bertz CT molecular complexity index is 1800. The van der Waals surface area contributed by atoms with Crippen LogP contribution in [0.3, 0.4) is 0 Å². The average Bonchev–Trinajstić information content (AvgIpc) is 3.23. The lowest BCUT2D eigenvalue weighted by Crippen LogP contribution is -2.30. The van der Waals surface area contributed by atoms with Crippen LogP contribution < -0.4 is 9.47 Å². The molecule has 0 amide bonds. The van der Waals surface area contributed by atoms with E-state index in [1.54, 1.807) is 0 Å². The predicted molar refractivity (Wildman–Crippen MR) is 219 cm³/mol. The second-order valence-electron chi connectivity index (χ2n) is 15.7. The summed E-state index contributed by atoms with van der Waals surface area (Å²) in [6, 6.07) is 21.0. The first-order valence-electron chi connectivity index (χ1n) is 21.4. The monoisotopic (exact) mass is 796 g/mol. The average molecular weight is 797 g/mol. The summed E-state index contributed by atoms with van der Waals surface area (Å²) < 4.78 is 28.3. The highest BCUT2D eigenvalue weighted by Crippen LogP contribution is 2.33. The summed E-state index contributed by atoms with van der Waals surface area (Å²) in [6.07, 6.45) is 10.4. The van der Waals surface area contributed by atoms with Gasteiger partial charge in [0, 0.05) is 12.8 Å². The molecule has 10 heteroatoms. The molecule has 2 aliphatic rings. The molecule has 0 atom stereocenters. The van der Waals surface area contributed by atoms with Gasteiger partial charge in [-0.25, -0.2) is 4.79 Å². The molecule has 0 heterocycles. The predicted octanol–water partition coefficient (Wildman–Crippen LogP) is 9.44. The highest BCUT2D eigenvalue weighted by Gasteiger charge is 2.32. The molecule has 312 valence electrons. The zero-order valence-corrected chi connectivity index (χ0v) is 34.5. The maximum absolute atomic E-state index is 13.3. The van der Waals surface area contributed by atoms with Crippen LogP contribution in [0.25, 0.3) is 0 Å². The van der Waals surface area contributed by atoms with E-state index in [1.807, 2.05) is 6.92 Å². The molecule has 10 nitrogen and oxygen atoms in total. The molecule has 0 aliphatic heterocycles. The highest BCUT2D eigenvalue weighted by molar-refractivity contribution is 5.94. The summed E-state index contributed by atoms with van der Waals surface area (Å²) in [4.78, 5) is 64.8. The van der Waals surface area contributed by atoms with E-state index in [9.17, 15) is 24.0 Å². The van der Waals surface area contributed by atoms with Gasteiger partial charge in [-0.15, -0.1) is 0 Å². The summed E-state index contributed by atoms with van der Waals surface area (Å²) in [5, 5.41) is 0. The van der Waals surface area contributed by atoms with Gasteiger partial charge in [0.2, 0.25) is 0 Å². The minimum absolute atomic E-state index is 0.0118. The van der Waals surface area contributed by atoms with Crippen molar-refractivity contribution in [3.05, 3.63) is 94.5 Å². The Morgan fingerprint density at radius 3 is 1.38 bits per heavy atom. The number of carbonyl (C=O) groups excluding carboxylic acids is 5. The SMILES string of the molecule is CCCOC(=O)c1cc(OC(=O)C2CCC(OC(=O)CCc3ccc(CCC)cc3)CC2)ccc1OC(=O)C1CCC(OC(=O)CCc2ccc(CCC)cc2)CC1. The van der Waals surface area contributed by atoms with Gasteiger partial charge in [-0.1, -0.05) is 82.1 Å². The van der Waals surface area contributed by atoms with Crippen LogP contribution in [0.15, 0.2) is 66.7 Å². The maximum Gasteiger partial charge on any atom is 0.342 e. The second-order valence-corrected chi connectivity index (χ2v) is 15.7. The topological polar surface area (TPSA) is 132 Å². The number of hydrogen-bond acceptors (Lipinski definition) is 10. The molecule has 3 aromatic carbocycles. The summed E-state index contributed by atoms with van der Waals surface area (Å²) in [5.74, 6) is -2.74. The minimum Gasteiger partial charge on any atom is -0.462 e. The van der Waals surface area contributed by atoms with Gasteiger partial charge in [0.25, 0.3) is 0 Å². The molecule has 2 saturated carbocycles. The van der Waals surface area contributed by atoms with Gasteiger partial charge >= 0.3 is 29.8 Å². The number of hydrogen-bond donors (Lipinski definition) is 0. The molecule has 3 aromatic rings. The normalized spacial score (nSPS) is 19.1. The highest BCUT2D eigenvalue weighted by atomic mass is 16.6. The largest absolute Gasteiger partial charge is 0.462 e. The minimum atomic E-state index is -0.689. The van der Waals surface area contributed by atoms with Crippen LogP contribution in [0.5, 0.6) is 11.5 Å². The van der Waals surface area contributed by atoms with E-state index in [2.05, 4.69) is 62.4 Å². The Morgan fingerprint density at radius 2 is 0.948 bits per heavy atom. The molecule has 0 bridgehead atoms. The summed E-state index contributed by atoms with van der Waals surface area (Å²) >= 11 is 0. The second kappa shape index (κ2) is 22.8. The third kappa shape index (κ3) is 13.8. The van der Waals surface area contributed by atoms with Crippen molar-refractivity contribution < 1.29 is 47.7 Å². The van der Waals surface area contributed by atoms with E-state index in [1.165, 1.54) is 29.3 Å². The zero-order chi connectivity index (χ0) is 41.3. The van der Waals surface area contributed by atoms with Gasteiger partial charge in [0.1, 0.15) is 29.3 Å². The number of benzene rings is 3. The van der Waals surface area contributed by atoms with Gasteiger partial charge < -0.3 is 23.7 Å². The fourth-order valence-electron chi connectivity index (χ4n) is 7.62. The molecule has 58 heavy (non-hydrogen) atoms. The quantitative estimate of drug-likeness (QED) is 0.0657. The van der Waals surface area contributed by atoms with Crippen LogP contribution in [0.4, 0.5) is 0 Å². The third-order valence-corrected chi connectivity index (χ3v) is 11.0. The first-order chi connectivity index (χ1) is 28.1. The van der Waals surface area contributed by atoms with Crippen molar-refractivity contribution in [3.8, 4) is 11.5 Å². The molecule has 5 rings (SSSR count). The van der Waals surface area contributed by atoms with Gasteiger partial charge in [-0.2, -0.15) is 0 Å². The number of esters is 5. The van der Waals surface area contributed by atoms with Crippen molar-refractivity contribution >= 4 is 29.8 Å². The molecule has 0 unspecified atom stereocenters. The zero-order valence-electron chi connectivity index (χ0n) is 34.5. The summed E-state index contributed by atoms with van der Waals surface area (Å²) in [5.41, 5.74) is 4.77. The molecule has 0 spiro atoms. The van der Waals surface area contributed by atoms with Crippen molar-refractivity contribution in [2.45, 2.75) is 142 Å². The lowest BCUT2D eigenvalue weighted by molar-refractivity contribution is -0.153. The van der Waals surface area contributed by atoms with Crippen molar-refractivity contribution in [1.29, 1.82) is 0 Å². The van der Waals surface area contributed by atoms with Gasteiger partial charge in [-0.3, -0.25) is 19.2 Å². The molecule has 2 aliphatic carbocycles. The van der Waals surface area contributed by atoms with Crippen molar-refractivity contribution in [1.82, 2.24) is 0 Å². The standard InChI is InChI=1S/C48H60O10/c1-4-7-33-9-13-35(14-10-33)17-29-44(49)55-39-23-19-37(20-24-39)46(51)57-41-27-28-43(42(32-41)48(53)54-31-6-3)58-47(52)38-21-25-40(26-22-38)56-45(50)30-18-36-15-11-34(8-5-2)12-16-36/h9-16,27-28,32,37-40H,4-8,17-26,29-31H2,1-3H3. The smallest absolute Gasteiger partial charge is 0.342 e. The van der Waals surface area contributed by atoms with E-state index in [4.69, 9.17) is 23.7 Å². The van der Waals surface area contributed by atoms with E-state index in [-0.39, 0.29) is 53.7 Å². The van der Waals surface area contributed by atoms with Crippen LogP contribution in [-0.4, -0.2) is 48.7 Å². The Kier molecular flexibility index (Phi) is 17.4. The van der Waals surface area contributed by atoms with Gasteiger partial charge in [-0.05, 0) is 124 Å². The van der Waals surface area contributed by atoms with Crippen LogP contribution in [-0.2, 0) is 59.1 Å². The van der Waals surface area contributed by atoms with Crippen molar-refractivity contribution in [2.24, 2.45) is 11.8 Å². The van der Waals surface area contributed by atoms with Crippen LogP contribution in [0, 0.1) is 11.8 Å². The van der Waals surface area contributed by atoms with E-state index < -0.39 is 23.8 Å². The molecule has 0 saturated heterocycles. The molecule has 2 fully saturated rings. The molecular formula is C48H60O10. The number of aryl methyl sites for hydroxylation is 4. The van der Waals surface area contributed by atoms with Crippen molar-refractivity contribution in [3.63, 3.8) is 0 Å². The van der Waals surface area contributed by atoms with Gasteiger partial charge in [0.05, 0.1) is 18.4 Å². The fourth-order valence-corrected chi connectivity index (χ4v) is 7.62. The van der Waals surface area contributed by atoms with Gasteiger partial charge in [0.15, 0.2) is 0 Å². The Labute approximate surface area is 343 Å². The first kappa shape index (κ1) is 44.1. The Morgan fingerprint density at radius 1 is 0.517 bits per heavy atom. The van der Waals surface area contributed by atoms with Crippen LogP contribution >= 0.6 is 0 Å². The number of ether oxygens (including phenoxy) is 5. The van der Waals surface area contributed by atoms with E-state index >= 15 is 0 Å². The first-order valence-corrected chi connectivity index (χ1v) is 21.4. The summed E-state index contributed by atoms with van der Waals surface area (Å²) in [7, 11) is 0. The lowest BCUT2D eigenvalue weighted by atomic mass is 9.87. The lowest BCUT2D eigenvalue weighted by Gasteiger charge is -2.27. The Balaban J connectivity index is 1.06. The molecule has 0 radical (unpaired) electrons. The van der Waals surface area contributed by atoms with E-state index in [0.717, 1.165) is 36.8 Å². The van der Waals surface area contributed by atoms with Crippen LogP contribution in [0.2, 0.25) is 0 Å². The van der Waals surface area contributed by atoms with Crippen molar-refractivity contribution in [2.75, 3.05) is 6.61 Å². The van der Waals surface area contributed by atoms with Crippen LogP contribution in [0.1, 0.15) is 137 Å². The molecule has 0 aromatic heterocycles. The van der Waals surface area contributed by atoms with E-state index in [0.29, 0.717) is 83.5 Å². The summed E-state index contributed by atoms with van der Waals surface area (Å²) in [6.45, 7) is 6.34. The number of rotatable bonds is 19. The Hall–Kier alpha value is -4.99. The third-order valence-electron chi connectivity index (χ3n) is 11.0. The fraction of sp³-hybridized carbons (Fsp3) is 0.521. The maximum atomic E-state index is 13.3. The molecular weight excluding hydrogens is 737 g/mol. The number of carbonyl (C=O) groups is 5. The molecule has 0 N–H and O–H groups in total.